The summed E-state index contributed by atoms with van der Waals surface area (Å²) < 4.78 is 19.8. The van der Waals surface area contributed by atoms with Crippen molar-refractivity contribution in [1.29, 1.82) is 0 Å². The molecule has 3 aromatic rings. The first-order valence-corrected chi connectivity index (χ1v) is 10.7. The summed E-state index contributed by atoms with van der Waals surface area (Å²) in [7, 11) is 0. The Balaban J connectivity index is 1.50. The van der Waals surface area contributed by atoms with E-state index in [9.17, 15) is 24.1 Å². The topological polar surface area (TPSA) is 89.7 Å². The molecule has 166 valence electrons. The summed E-state index contributed by atoms with van der Waals surface area (Å²) in [5.74, 6) is -0.499. The van der Waals surface area contributed by atoms with Gasteiger partial charge in [0.15, 0.2) is 0 Å². The number of thioether (sulfide) groups is 1. The van der Waals surface area contributed by atoms with Crippen molar-refractivity contribution in [3.63, 3.8) is 0 Å². The summed E-state index contributed by atoms with van der Waals surface area (Å²) >= 11 is 0.786. The van der Waals surface area contributed by atoms with Crippen molar-refractivity contribution in [3.05, 3.63) is 110 Å². The standard InChI is InChI=1S/C24H17FN2O5S/c25-20-7-3-1-6-18(20)14-26-23(28)22(33-24(26)29)13-17-5-2-4-8-21(17)32-15-16-9-11-19(12-10-16)27(30)31/h1-13H,14-15H2/b22-13-. The number of benzene rings is 3. The van der Waals surface area contributed by atoms with Gasteiger partial charge in [0.2, 0.25) is 0 Å². The number of hydrogen-bond donors (Lipinski definition) is 0. The number of carbonyl (C=O) groups excluding carboxylic acids is 2. The van der Waals surface area contributed by atoms with Crippen LogP contribution < -0.4 is 4.74 Å². The molecule has 1 fully saturated rings. The largest absolute Gasteiger partial charge is 0.488 e. The lowest BCUT2D eigenvalue weighted by Gasteiger charge is -2.13. The van der Waals surface area contributed by atoms with Crippen molar-refractivity contribution >= 4 is 34.7 Å². The van der Waals surface area contributed by atoms with E-state index < -0.39 is 21.9 Å². The lowest BCUT2D eigenvalue weighted by Crippen LogP contribution is -2.27. The van der Waals surface area contributed by atoms with Gasteiger partial charge in [-0.05, 0) is 47.7 Å². The fourth-order valence-corrected chi connectivity index (χ4v) is 4.01. The van der Waals surface area contributed by atoms with Gasteiger partial charge >= 0.3 is 0 Å². The molecule has 0 aliphatic carbocycles. The highest BCUT2D eigenvalue weighted by molar-refractivity contribution is 8.18. The highest BCUT2D eigenvalue weighted by atomic mass is 32.2. The Morgan fingerprint density at radius 3 is 2.42 bits per heavy atom. The Bertz CT molecular complexity index is 1260. The molecule has 1 aliphatic rings. The molecule has 7 nitrogen and oxygen atoms in total. The van der Waals surface area contributed by atoms with Gasteiger partial charge in [-0.2, -0.15) is 0 Å². The summed E-state index contributed by atoms with van der Waals surface area (Å²) in [6.45, 7) is 0.0184. The van der Waals surface area contributed by atoms with E-state index in [1.54, 1.807) is 54.6 Å². The second-order valence-electron chi connectivity index (χ2n) is 7.11. The van der Waals surface area contributed by atoms with Crippen LogP contribution in [0.4, 0.5) is 14.9 Å². The van der Waals surface area contributed by atoms with Crippen molar-refractivity contribution in [2.45, 2.75) is 13.2 Å². The van der Waals surface area contributed by atoms with Gasteiger partial charge in [-0.3, -0.25) is 24.6 Å². The van der Waals surface area contributed by atoms with Gasteiger partial charge in [-0.25, -0.2) is 4.39 Å². The molecule has 1 heterocycles. The van der Waals surface area contributed by atoms with Crippen molar-refractivity contribution in [1.82, 2.24) is 4.90 Å². The summed E-state index contributed by atoms with van der Waals surface area (Å²) in [6, 6.07) is 19.0. The van der Waals surface area contributed by atoms with Crippen LogP contribution in [0.2, 0.25) is 0 Å². The van der Waals surface area contributed by atoms with Crippen molar-refractivity contribution in [3.8, 4) is 5.75 Å². The zero-order valence-electron chi connectivity index (χ0n) is 17.1. The molecule has 1 aliphatic heterocycles. The molecule has 0 atom stereocenters. The zero-order chi connectivity index (χ0) is 23.4. The van der Waals surface area contributed by atoms with Gasteiger partial charge in [-0.1, -0.05) is 36.4 Å². The number of ether oxygens (including phenoxy) is 1. The number of halogens is 1. The maximum absolute atomic E-state index is 14.0. The molecule has 33 heavy (non-hydrogen) atoms. The molecular formula is C24H17FN2O5S. The monoisotopic (exact) mass is 464 g/mol. The Morgan fingerprint density at radius 1 is 1.00 bits per heavy atom. The number of amides is 2. The first-order valence-electron chi connectivity index (χ1n) is 9.86. The average molecular weight is 464 g/mol. The minimum absolute atomic E-state index is 0.00902. The number of rotatable bonds is 7. The van der Waals surface area contributed by atoms with E-state index in [1.165, 1.54) is 24.3 Å². The molecule has 1 saturated heterocycles. The Hall–Kier alpha value is -3.98. The van der Waals surface area contributed by atoms with E-state index in [1.807, 2.05) is 0 Å². The van der Waals surface area contributed by atoms with Crippen LogP contribution in [0, 0.1) is 15.9 Å². The number of nitrogens with zero attached hydrogens (tertiary/aromatic N) is 2. The summed E-state index contributed by atoms with van der Waals surface area (Å²) in [5.41, 5.74) is 1.58. The minimum atomic E-state index is -0.501. The molecule has 0 aromatic heterocycles. The van der Waals surface area contributed by atoms with Crippen molar-refractivity contribution in [2.24, 2.45) is 0 Å². The predicted molar refractivity (Wildman–Crippen MR) is 122 cm³/mol. The molecule has 9 heteroatoms. The maximum Gasteiger partial charge on any atom is 0.293 e. The van der Waals surface area contributed by atoms with Crippen LogP contribution in [0.15, 0.2) is 77.7 Å². The van der Waals surface area contributed by atoms with Gasteiger partial charge < -0.3 is 4.74 Å². The number of non-ortho nitro benzene ring substituents is 1. The SMILES string of the molecule is O=C1S/C(=C\c2ccccc2OCc2ccc([N+](=O)[O-])cc2)C(=O)N1Cc1ccccc1F. The van der Waals surface area contributed by atoms with Gasteiger partial charge in [0.05, 0.1) is 16.4 Å². The number of imide groups is 1. The van der Waals surface area contributed by atoms with Crippen LogP contribution in [0.1, 0.15) is 16.7 Å². The van der Waals surface area contributed by atoms with Gasteiger partial charge in [0, 0.05) is 23.3 Å². The number of para-hydroxylation sites is 1. The van der Waals surface area contributed by atoms with Crippen LogP contribution in [-0.2, 0) is 17.9 Å². The molecule has 3 aromatic carbocycles. The van der Waals surface area contributed by atoms with E-state index in [2.05, 4.69) is 0 Å². The quantitative estimate of drug-likeness (QED) is 0.259. The van der Waals surface area contributed by atoms with Gasteiger partial charge in [0.1, 0.15) is 18.2 Å². The number of carbonyl (C=O) groups is 2. The lowest BCUT2D eigenvalue weighted by molar-refractivity contribution is -0.384. The molecule has 0 N–H and O–H groups in total. The first-order chi connectivity index (χ1) is 15.9. The van der Waals surface area contributed by atoms with Crippen LogP contribution in [-0.4, -0.2) is 21.0 Å². The predicted octanol–water partition coefficient (Wildman–Crippen LogP) is 5.55. The molecular weight excluding hydrogens is 447 g/mol. The molecule has 4 rings (SSSR count). The third-order valence-electron chi connectivity index (χ3n) is 4.91. The van der Waals surface area contributed by atoms with Crippen molar-refractivity contribution in [2.75, 3.05) is 0 Å². The Kier molecular flexibility index (Phi) is 6.50. The lowest BCUT2D eigenvalue weighted by atomic mass is 10.1. The molecule has 0 bridgehead atoms. The van der Waals surface area contributed by atoms with E-state index >= 15 is 0 Å². The number of nitro groups is 1. The van der Waals surface area contributed by atoms with Gasteiger partial charge in [-0.15, -0.1) is 0 Å². The van der Waals surface area contributed by atoms with Crippen LogP contribution in [0.25, 0.3) is 6.08 Å². The smallest absolute Gasteiger partial charge is 0.293 e. The molecule has 0 unspecified atom stereocenters. The molecule has 2 amide bonds. The second kappa shape index (κ2) is 9.66. The third kappa shape index (κ3) is 5.09. The van der Waals surface area contributed by atoms with Crippen LogP contribution >= 0.6 is 11.8 Å². The molecule has 0 spiro atoms. The normalized spacial score (nSPS) is 14.7. The van der Waals surface area contributed by atoms with Crippen LogP contribution in [0.3, 0.4) is 0 Å². The number of hydrogen-bond acceptors (Lipinski definition) is 6. The van der Waals surface area contributed by atoms with E-state index in [0.29, 0.717) is 11.3 Å². The summed E-state index contributed by atoms with van der Waals surface area (Å²) in [5, 5.41) is 10.3. The highest BCUT2D eigenvalue weighted by Crippen LogP contribution is 2.35. The summed E-state index contributed by atoms with van der Waals surface area (Å²) in [4.78, 5) is 36.7. The minimum Gasteiger partial charge on any atom is -0.488 e. The highest BCUT2D eigenvalue weighted by Gasteiger charge is 2.35. The van der Waals surface area contributed by atoms with E-state index in [4.69, 9.17) is 4.74 Å². The fraction of sp³-hybridized carbons (Fsp3) is 0.0833. The average Bonchev–Trinajstić information content (AvgIpc) is 3.07. The first kappa shape index (κ1) is 22.2. The molecule has 0 radical (unpaired) electrons. The second-order valence-corrected chi connectivity index (χ2v) is 8.10. The third-order valence-corrected chi connectivity index (χ3v) is 5.81. The fourth-order valence-electron chi connectivity index (χ4n) is 3.18. The van der Waals surface area contributed by atoms with Gasteiger partial charge in [0.25, 0.3) is 16.8 Å². The van der Waals surface area contributed by atoms with E-state index in [0.717, 1.165) is 22.2 Å². The van der Waals surface area contributed by atoms with Crippen molar-refractivity contribution < 1.29 is 23.6 Å². The van der Waals surface area contributed by atoms with Crippen LogP contribution in [0.5, 0.6) is 5.75 Å². The summed E-state index contributed by atoms with van der Waals surface area (Å²) in [6.07, 6.45) is 1.57. The number of nitro benzene ring substituents is 1. The zero-order valence-corrected chi connectivity index (χ0v) is 18.0. The Labute approximate surface area is 192 Å². The van der Waals surface area contributed by atoms with E-state index in [-0.39, 0.29) is 29.3 Å². The maximum atomic E-state index is 14.0. The Morgan fingerprint density at radius 2 is 1.70 bits per heavy atom. The molecule has 0 saturated carbocycles.